The maximum Gasteiger partial charge on any atom is 0.416 e. The van der Waals surface area contributed by atoms with Gasteiger partial charge in [0, 0.05) is 6.42 Å². The Labute approximate surface area is 111 Å². The lowest BCUT2D eigenvalue weighted by Crippen LogP contribution is -2.05. The molecular formula is C12H11F4N3O. The van der Waals surface area contributed by atoms with Gasteiger partial charge in [-0.2, -0.15) is 18.2 Å². The van der Waals surface area contributed by atoms with E-state index in [1.54, 1.807) is 0 Å². The van der Waals surface area contributed by atoms with Gasteiger partial charge in [-0.3, -0.25) is 0 Å². The molecule has 108 valence electrons. The van der Waals surface area contributed by atoms with E-state index in [-0.39, 0.29) is 17.3 Å². The van der Waals surface area contributed by atoms with E-state index in [1.807, 2.05) is 0 Å². The molecule has 0 amide bonds. The molecule has 0 radical (unpaired) electrons. The van der Waals surface area contributed by atoms with Crippen molar-refractivity contribution in [3.05, 3.63) is 35.4 Å². The van der Waals surface area contributed by atoms with Crippen LogP contribution in [0.2, 0.25) is 0 Å². The first-order valence-electron chi connectivity index (χ1n) is 5.81. The molecule has 0 aliphatic heterocycles. The normalized spacial score (nSPS) is 11.8. The molecule has 0 bridgehead atoms. The largest absolute Gasteiger partial charge is 0.416 e. The van der Waals surface area contributed by atoms with Gasteiger partial charge in [0.05, 0.1) is 11.1 Å². The quantitative estimate of drug-likeness (QED) is 0.879. The highest BCUT2D eigenvalue weighted by Crippen LogP contribution is 2.33. The van der Waals surface area contributed by atoms with Gasteiger partial charge in [0.2, 0.25) is 0 Å². The van der Waals surface area contributed by atoms with Crippen LogP contribution in [0.15, 0.2) is 22.7 Å². The third kappa shape index (κ3) is 3.13. The number of aromatic nitrogens is 2. The third-order valence-electron chi connectivity index (χ3n) is 2.60. The molecule has 0 saturated heterocycles. The van der Waals surface area contributed by atoms with E-state index >= 15 is 0 Å². The molecule has 0 aliphatic carbocycles. The summed E-state index contributed by atoms with van der Waals surface area (Å²) in [6.07, 6.45) is -3.55. The maximum absolute atomic E-state index is 13.6. The van der Waals surface area contributed by atoms with Crippen LogP contribution >= 0.6 is 0 Å². The highest BCUT2D eigenvalue weighted by molar-refractivity contribution is 5.55. The molecule has 0 aliphatic rings. The molecular weight excluding hydrogens is 278 g/mol. The number of hydrogen-bond donors (Lipinski definition) is 1. The minimum Gasteiger partial charge on any atom is -0.334 e. The van der Waals surface area contributed by atoms with E-state index in [9.17, 15) is 17.6 Å². The molecule has 1 heterocycles. The standard InChI is InChI=1S/C12H11F4N3O/c13-9-4-3-7(12(14,15)16)6-8(9)11-18-10(19-20-11)2-1-5-17/h3-4,6H,1-2,5,17H2. The van der Waals surface area contributed by atoms with Crippen LogP contribution in [0.4, 0.5) is 17.6 Å². The molecule has 4 nitrogen and oxygen atoms in total. The van der Waals surface area contributed by atoms with Crippen LogP contribution in [-0.2, 0) is 12.6 Å². The zero-order chi connectivity index (χ0) is 14.8. The SMILES string of the molecule is NCCCc1noc(-c2cc(C(F)(F)F)ccc2F)n1. The molecule has 0 atom stereocenters. The Morgan fingerprint density at radius 3 is 2.65 bits per heavy atom. The zero-order valence-corrected chi connectivity index (χ0v) is 10.2. The van der Waals surface area contributed by atoms with Gasteiger partial charge in [0.1, 0.15) is 5.82 Å². The third-order valence-corrected chi connectivity index (χ3v) is 2.60. The fourth-order valence-electron chi connectivity index (χ4n) is 1.59. The molecule has 8 heteroatoms. The van der Waals surface area contributed by atoms with Crippen molar-refractivity contribution in [3.63, 3.8) is 0 Å². The minimum atomic E-state index is -4.56. The van der Waals surface area contributed by atoms with Crippen molar-refractivity contribution in [1.82, 2.24) is 10.1 Å². The van der Waals surface area contributed by atoms with Gasteiger partial charge in [-0.05, 0) is 31.2 Å². The summed E-state index contributed by atoms with van der Waals surface area (Å²) in [7, 11) is 0. The second-order valence-electron chi connectivity index (χ2n) is 4.10. The first-order chi connectivity index (χ1) is 9.41. The summed E-state index contributed by atoms with van der Waals surface area (Å²) in [5.41, 5.74) is 3.97. The van der Waals surface area contributed by atoms with E-state index in [0.717, 1.165) is 6.07 Å². The second kappa shape index (κ2) is 5.58. The number of alkyl halides is 3. The number of nitrogens with two attached hydrogens (primary N) is 1. The fraction of sp³-hybridized carbons (Fsp3) is 0.333. The first-order valence-corrected chi connectivity index (χ1v) is 5.81. The molecule has 0 saturated carbocycles. The zero-order valence-electron chi connectivity index (χ0n) is 10.2. The number of benzene rings is 1. The lowest BCUT2D eigenvalue weighted by Gasteiger charge is -2.07. The van der Waals surface area contributed by atoms with Gasteiger partial charge in [-0.25, -0.2) is 4.39 Å². The topological polar surface area (TPSA) is 64.9 Å². The molecule has 2 N–H and O–H groups in total. The molecule has 0 fully saturated rings. The molecule has 2 aromatic rings. The molecule has 1 aromatic carbocycles. The summed E-state index contributed by atoms with van der Waals surface area (Å²) in [5.74, 6) is -0.852. The van der Waals surface area contributed by atoms with E-state index in [1.165, 1.54) is 0 Å². The minimum absolute atomic E-state index is 0.277. The molecule has 1 aromatic heterocycles. The Hall–Kier alpha value is -1.96. The first kappa shape index (κ1) is 14.4. The van der Waals surface area contributed by atoms with Crippen LogP contribution in [0.3, 0.4) is 0 Å². The summed E-state index contributed by atoms with van der Waals surface area (Å²) in [4.78, 5) is 3.86. The average Bonchev–Trinajstić information content (AvgIpc) is 2.84. The summed E-state index contributed by atoms with van der Waals surface area (Å²) in [5, 5.41) is 3.57. The van der Waals surface area contributed by atoms with Crippen molar-refractivity contribution in [1.29, 1.82) is 0 Å². The van der Waals surface area contributed by atoms with E-state index in [2.05, 4.69) is 10.1 Å². The Bertz CT molecular complexity index is 595. The van der Waals surface area contributed by atoms with Gasteiger partial charge in [-0.15, -0.1) is 0 Å². The number of nitrogens with zero attached hydrogens (tertiary/aromatic N) is 2. The average molecular weight is 289 g/mol. The van der Waals surface area contributed by atoms with E-state index < -0.39 is 17.6 Å². The number of aryl methyl sites for hydroxylation is 1. The maximum atomic E-state index is 13.6. The Morgan fingerprint density at radius 1 is 1.25 bits per heavy atom. The number of rotatable bonds is 4. The summed E-state index contributed by atoms with van der Waals surface area (Å²) in [6, 6.07) is 2.03. The van der Waals surface area contributed by atoms with Crippen LogP contribution < -0.4 is 5.73 Å². The lowest BCUT2D eigenvalue weighted by atomic mass is 10.1. The van der Waals surface area contributed by atoms with Gasteiger partial charge >= 0.3 is 6.18 Å². The number of halogens is 4. The van der Waals surface area contributed by atoms with Gasteiger partial charge in [0.25, 0.3) is 5.89 Å². The van der Waals surface area contributed by atoms with Crippen LogP contribution in [0.25, 0.3) is 11.5 Å². The van der Waals surface area contributed by atoms with Gasteiger partial charge < -0.3 is 10.3 Å². The molecule has 20 heavy (non-hydrogen) atoms. The van der Waals surface area contributed by atoms with Crippen LogP contribution in [0.1, 0.15) is 17.8 Å². The van der Waals surface area contributed by atoms with Crippen molar-refractivity contribution in [2.75, 3.05) is 6.54 Å². The van der Waals surface area contributed by atoms with Gasteiger partial charge in [-0.1, -0.05) is 5.16 Å². The predicted octanol–water partition coefficient (Wildman–Crippen LogP) is 2.79. The molecule has 0 unspecified atom stereocenters. The molecule has 2 rings (SSSR count). The van der Waals surface area contributed by atoms with Gasteiger partial charge in [0.15, 0.2) is 5.82 Å². The van der Waals surface area contributed by atoms with E-state index in [0.29, 0.717) is 31.5 Å². The summed E-state index contributed by atoms with van der Waals surface area (Å²) < 4.78 is 56.1. The second-order valence-corrected chi connectivity index (χ2v) is 4.10. The van der Waals surface area contributed by atoms with Crippen LogP contribution in [0, 0.1) is 5.82 Å². The smallest absolute Gasteiger partial charge is 0.334 e. The Kier molecular flexibility index (Phi) is 4.03. The highest BCUT2D eigenvalue weighted by Gasteiger charge is 2.31. The van der Waals surface area contributed by atoms with Crippen LogP contribution in [-0.4, -0.2) is 16.7 Å². The Balaban J connectivity index is 2.34. The summed E-state index contributed by atoms with van der Waals surface area (Å²) >= 11 is 0. The van der Waals surface area contributed by atoms with Crippen molar-refractivity contribution in [2.24, 2.45) is 5.73 Å². The van der Waals surface area contributed by atoms with Crippen LogP contribution in [0.5, 0.6) is 0 Å². The van der Waals surface area contributed by atoms with Crippen molar-refractivity contribution >= 4 is 0 Å². The van der Waals surface area contributed by atoms with Crippen molar-refractivity contribution in [3.8, 4) is 11.5 Å². The molecule has 0 spiro atoms. The Morgan fingerprint density at radius 2 is 2.00 bits per heavy atom. The van der Waals surface area contributed by atoms with E-state index in [4.69, 9.17) is 10.3 Å². The van der Waals surface area contributed by atoms with Crippen molar-refractivity contribution < 1.29 is 22.1 Å². The monoisotopic (exact) mass is 289 g/mol. The van der Waals surface area contributed by atoms with Crippen molar-refractivity contribution in [2.45, 2.75) is 19.0 Å². The predicted molar refractivity (Wildman–Crippen MR) is 62.1 cm³/mol. The highest BCUT2D eigenvalue weighted by atomic mass is 19.4. The number of hydrogen-bond acceptors (Lipinski definition) is 4. The summed E-state index contributed by atoms with van der Waals surface area (Å²) in [6.45, 7) is 0.418. The lowest BCUT2D eigenvalue weighted by molar-refractivity contribution is -0.137. The fourth-order valence-corrected chi connectivity index (χ4v) is 1.59.